The first kappa shape index (κ1) is 25.9. The molecule has 2 aromatic heterocycles. The summed E-state index contributed by atoms with van der Waals surface area (Å²) >= 11 is 0. The van der Waals surface area contributed by atoms with Crippen molar-refractivity contribution in [2.45, 2.75) is 38.8 Å². The molecular weight excluding hydrogens is 467 g/mol. The number of methoxy groups -OCH3 is 1. The normalized spacial score (nSPS) is 11.3. The van der Waals surface area contributed by atoms with Gasteiger partial charge >= 0.3 is 12.1 Å². The summed E-state index contributed by atoms with van der Waals surface area (Å²) in [6.45, 7) is 2.52. The molecule has 0 aliphatic heterocycles. The summed E-state index contributed by atoms with van der Waals surface area (Å²) in [5.41, 5.74) is 0.689. The summed E-state index contributed by atoms with van der Waals surface area (Å²) < 4.78 is 56.5. The van der Waals surface area contributed by atoms with Gasteiger partial charge < -0.3 is 19.3 Å². The van der Waals surface area contributed by atoms with Crippen molar-refractivity contribution < 1.29 is 37.3 Å². The van der Waals surface area contributed by atoms with E-state index in [4.69, 9.17) is 19.3 Å². The van der Waals surface area contributed by atoms with Gasteiger partial charge in [0.15, 0.2) is 5.82 Å². The van der Waals surface area contributed by atoms with Crippen LogP contribution in [-0.4, -0.2) is 46.2 Å². The second kappa shape index (κ2) is 11.6. The van der Waals surface area contributed by atoms with Crippen molar-refractivity contribution in [2.75, 3.05) is 20.3 Å². The van der Waals surface area contributed by atoms with Gasteiger partial charge in [-0.1, -0.05) is 6.07 Å². The van der Waals surface area contributed by atoms with Gasteiger partial charge in [-0.2, -0.15) is 13.2 Å². The summed E-state index contributed by atoms with van der Waals surface area (Å²) in [4.78, 5) is 14.8. The molecule has 188 valence electrons. The van der Waals surface area contributed by atoms with Crippen LogP contribution in [-0.2, 0) is 23.8 Å². The lowest BCUT2D eigenvalue weighted by Gasteiger charge is -2.12. The summed E-state index contributed by atoms with van der Waals surface area (Å²) in [7, 11) is 1.54. The highest BCUT2D eigenvalue weighted by molar-refractivity contribution is 5.67. The number of hydrogen-bond donors (Lipinski definition) is 1. The number of ether oxygens (including phenoxy) is 3. The van der Waals surface area contributed by atoms with Crippen molar-refractivity contribution in [3.05, 3.63) is 59.4 Å². The Morgan fingerprint density at radius 2 is 1.91 bits per heavy atom. The molecule has 2 heterocycles. The molecule has 0 amide bonds. The SMILES string of the molecule is CCOc1nn(-c2ccc(C(F)(F)F)cn2)cc1CCCOc1cc(OC)ccc1CCC(=O)O. The van der Waals surface area contributed by atoms with Crippen LogP contribution in [0.15, 0.2) is 42.7 Å². The Hall–Kier alpha value is -3.76. The average molecular weight is 493 g/mol. The van der Waals surface area contributed by atoms with E-state index in [1.54, 1.807) is 24.4 Å². The van der Waals surface area contributed by atoms with Crippen LogP contribution in [0.1, 0.15) is 36.5 Å². The molecule has 3 aromatic rings. The van der Waals surface area contributed by atoms with Crippen molar-refractivity contribution >= 4 is 5.97 Å². The summed E-state index contributed by atoms with van der Waals surface area (Å²) in [5.74, 6) is 0.872. The lowest BCUT2D eigenvalue weighted by atomic mass is 10.1. The number of aromatic nitrogens is 3. The van der Waals surface area contributed by atoms with E-state index in [0.29, 0.717) is 49.9 Å². The zero-order valence-corrected chi connectivity index (χ0v) is 19.3. The molecule has 0 aliphatic rings. The van der Waals surface area contributed by atoms with Crippen LogP contribution in [0.3, 0.4) is 0 Å². The highest BCUT2D eigenvalue weighted by atomic mass is 19.4. The Morgan fingerprint density at radius 3 is 2.54 bits per heavy atom. The number of halogens is 3. The van der Waals surface area contributed by atoms with Crippen molar-refractivity contribution in [3.8, 4) is 23.2 Å². The smallest absolute Gasteiger partial charge is 0.417 e. The molecule has 8 nitrogen and oxygen atoms in total. The molecule has 0 spiro atoms. The number of pyridine rings is 1. The molecule has 0 unspecified atom stereocenters. The molecule has 1 N–H and O–H groups in total. The first-order valence-electron chi connectivity index (χ1n) is 11.0. The van der Waals surface area contributed by atoms with E-state index in [-0.39, 0.29) is 12.2 Å². The number of alkyl halides is 3. The van der Waals surface area contributed by atoms with Crippen LogP contribution < -0.4 is 14.2 Å². The number of hydrogen-bond acceptors (Lipinski definition) is 6. The second-order valence-electron chi connectivity index (χ2n) is 7.56. The van der Waals surface area contributed by atoms with Crippen LogP contribution >= 0.6 is 0 Å². The standard InChI is InChI=1S/C24H26F3N3O5/c1-3-34-23-17(15-30(29-23)21-10-8-18(14-28-21)24(25,26)27)5-4-12-35-20-13-19(33-2)9-6-16(20)7-11-22(31)32/h6,8-10,13-15H,3-5,7,11-12H2,1-2H3,(H,31,32). The summed E-state index contributed by atoms with van der Waals surface area (Å²) in [6, 6.07) is 7.46. The lowest BCUT2D eigenvalue weighted by Crippen LogP contribution is -2.07. The number of benzene rings is 1. The van der Waals surface area contributed by atoms with Crippen LogP contribution in [0.2, 0.25) is 0 Å². The van der Waals surface area contributed by atoms with Gasteiger partial charge in [-0.25, -0.2) is 9.67 Å². The molecule has 1 aromatic carbocycles. The van der Waals surface area contributed by atoms with Gasteiger partial charge in [-0.3, -0.25) is 4.79 Å². The van der Waals surface area contributed by atoms with Gasteiger partial charge in [0.1, 0.15) is 11.5 Å². The number of nitrogens with zero attached hydrogens (tertiary/aromatic N) is 3. The van der Waals surface area contributed by atoms with E-state index in [1.165, 1.54) is 17.9 Å². The molecule has 0 saturated heterocycles. The number of carboxylic acid groups (broad SMARTS) is 1. The van der Waals surface area contributed by atoms with Gasteiger partial charge in [0, 0.05) is 30.4 Å². The van der Waals surface area contributed by atoms with E-state index in [2.05, 4.69) is 10.1 Å². The van der Waals surface area contributed by atoms with Gasteiger partial charge in [0.25, 0.3) is 0 Å². The maximum Gasteiger partial charge on any atom is 0.417 e. The third-order valence-corrected chi connectivity index (χ3v) is 5.07. The molecule has 0 bridgehead atoms. The van der Waals surface area contributed by atoms with Crippen LogP contribution in [0.4, 0.5) is 13.2 Å². The minimum atomic E-state index is -4.46. The largest absolute Gasteiger partial charge is 0.497 e. The number of carbonyl (C=O) groups is 1. The average Bonchev–Trinajstić information content (AvgIpc) is 3.23. The minimum Gasteiger partial charge on any atom is -0.497 e. The minimum absolute atomic E-state index is 0.0163. The first-order valence-corrected chi connectivity index (χ1v) is 11.0. The maximum absolute atomic E-state index is 12.8. The first-order chi connectivity index (χ1) is 16.7. The second-order valence-corrected chi connectivity index (χ2v) is 7.56. The Labute approximate surface area is 200 Å². The Morgan fingerprint density at radius 1 is 1.11 bits per heavy atom. The van der Waals surface area contributed by atoms with Crippen LogP contribution in [0.5, 0.6) is 17.4 Å². The fraction of sp³-hybridized carbons (Fsp3) is 0.375. The highest BCUT2D eigenvalue weighted by Gasteiger charge is 2.30. The molecule has 3 rings (SSSR count). The van der Waals surface area contributed by atoms with E-state index >= 15 is 0 Å². The van der Waals surface area contributed by atoms with E-state index < -0.39 is 17.7 Å². The quantitative estimate of drug-likeness (QED) is 0.365. The van der Waals surface area contributed by atoms with Gasteiger partial charge in [-0.05, 0) is 49.9 Å². The molecule has 0 aliphatic carbocycles. The zero-order valence-electron chi connectivity index (χ0n) is 19.3. The number of carboxylic acids is 1. The monoisotopic (exact) mass is 493 g/mol. The van der Waals surface area contributed by atoms with Crippen molar-refractivity contribution in [1.29, 1.82) is 0 Å². The van der Waals surface area contributed by atoms with E-state index in [1.807, 2.05) is 6.92 Å². The fourth-order valence-corrected chi connectivity index (χ4v) is 3.32. The van der Waals surface area contributed by atoms with Gasteiger partial charge in [-0.15, -0.1) is 5.10 Å². The Kier molecular flexibility index (Phi) is 8.56. The summed E-state index contributed by atoms with van der Waals surface area (Å²) in [6.07, 6.45) is -0.598. The van der Waals surface area contributed by atoms with Crippen molar-refractivity contribution in [1.82, 2.24) is 14.8 Å². The molecular formula is C24H26F3N3O5. The molecule has 0 saturated carbocycles. The van der Waals surface area contributed by atoms with E-state index in [9.17, 15) is 18.0 Å². The maximum atomic E-state index is 12.8. The van der Waals surface area contributed by atoms with Crippen LogP contribution in [0.25, 0.3) is 5.82 Å². The Bertz CT molecular complexity index is 1130. The molecule has 0 radical (unpaired) electrons. The zero-order chi connectivity index (χ0) is 25.4. The van der Waals surface area contributed by atoms with Crippen molar-refractivity contribution in [3.63, 3.8) is 0 Å². The third-order valence-electron chi connectivity index (χ3n) is 5.07. The summed E-state index contributed by atoms with van der Waals surface area (Å²) in [5, 5.41) is 13.3. The topological polar surface area (TPSA) is 95.7 Å². The van der Waals surface area contributed by atoms with Crippen molar-refractivity contribution in [2.24, 2.45) is 0 Å². The third kappa shape index (κ3) is 7.11. The number of aryl methyl sites for hydroxylation is 2. The van der Waals surface area contributed by atoms with Gasteiger partial charge in [0.05, 0.1) is 25.9 Å². The fourth-order valence-electron chi connectivity index (χ4n) is 3.32. The number of aliphatic carboxylic acids is 1. The molecule has 0 fully saturated rings. The predicted molar refractivity (Wildman–Crippen MR) is 120 cm³/mol. The van der Waals surface area contributed by atoms with E-state index in [0.717, 1.165) is 23.4 Å². The molecule has 0 atom stereocenters. The lowest BCUT2D eigenvalue weighted by molar-refractivity contribution is -0.138. The van der Waals surface area contributed by atoms with Gasteiger partial charge in [0.2, 0.25) is 5.88 Å². The molecule has 11 heteroatoms. The molecule has 35 heavy (non-hydrogen) atoms. The highest BCUT2D eigenvalue weighted by Crippen LogP contribution is 2.29. The number of rotatable bonds is 12. The Balaban J connectivity index is 1.67. The predicted octanol–water partition coefficient (Wildman–Crippen LogP) is 4.72. The van der Waals surface area contributed by atoms with Crippen LogP contribution in [0, 0.1) is 0 Å².